The number of nitrogens with one attached hydrogen (secondary N) is 6. The summed E-state index contributed by atoms with van der Waals surface area (Å²) in [6, 6.07) is 20.7. The molecule has 4 rings (SSSR count). The molecule has 0 spiro atoms. The lowest BCUT2D eigenvalue weighted by Crippen LogP contribution is -2.52. The first kappa shape index (κ1) is 112. The van der Waals surface area contributed by atoms with Crippen molar-refractivity contribution in [1.29, 1.82) is 0 Å². The van der Waals surface area contributed by atoms with E-state index >= 15 is 14.4 Å². The third-order valence-corrected chi connectivity index (χ3v) is 21.1. The first-order valence-corrected chi connectivity index (χ1v) is 46.3. The van der Waals surface area contributed by atoms with Gasteiger partial charge in [0.15, 0.2) is 0 Å². The average Bonchev–Trinajstić information content (AvgIpc) is 1.78. The van der Waals surface area contributed by atoms with Crippen molar-refractivity contribution < 1.29 is 86.0 Å². The molecule has 129 heavy (non-hydrogen) atoms. The van der Waals surface area contributed by atoms with E-state index in [9.17, 15) is 43.2 Å². The molecule has 36 nitrogen and oxygen atoms in total. The number of ether oxygens (including phenoxy) is 6. The predicted molar refractivity (Wildman–Crippen MR) is 494 cm³/mol. The van der Waals surface area contributed by atoms with Gasteiger partial charge in [-0.05, 0) is 234 Å². The number of alkyl carbamates (subject to hydrolysis) is 3. The highest BCUT2D eigenvalue weighted by atomic mass is 16.6. The zero-order chi connectivity index (χ0) is 95.0. The summed E-state index contributed by atoms with van der Waals surface area (Å²) in [6.07, 6.45) is 2.25. The van der Waals surface area contributed by atoms with E-state index in [0.717, 1.165) is 16.7 Å². The second-order valence-corrected chi connectivity index (χ2v) is 35.5. The van der Waals surface area contributed by atoms with Gasteiger partial charge in [-0.2, -0.15) is 0 Å². The van der Waals surface area contributed by atoms with Gasteiger partial charge in [0.25, 0.3) is 0 Å². The Morgan fingerprint density at radius 3 is 0.736 bits per heavy atom. The normalized spacial score (nSPS) is 14.3. The highest BCUT2D eigenvalue weighted by Crippen LogP contribution is 2.25. The maximum absolute atomic E-state index is 15.3. The van der Waals surface area contributed by atoms with Crippen molar-refractivity contribution in [2.24, 2.45) is 34.4 Å². The van der Waals surface area contributed by atoms with Crippen molar-refractivity contribution in [3.05, 3.63) is 108 Å². The summed E-state index contributed by atoms with van der Waals surface area (Å²) in [5.41, 5.74) is 35.0. The Labute approximate surface area is 764 Å². The fourth-order valence-electron chi connectivity index (χ4n) is 14.5. The maximum Gasteiger partial charge on any atom is 0.407 e. The summed E-state index contributed by atoms with van der Waals surface area (Å²) in [6.45, 7) is 19.6. The lowest BCUT2D eigenvalue weighted by atomic mass is 10.0. The molecule has 18 N–H and O–H groups in total. The quantitative estimate of drug-likeness (QED) is 0.0183. The van der Waals surface area contributed by atoms with Crippen LogP contribution in [0.4, 0.5) is 14.4 Å². The van der Waals surface area contributed by atoms with E-state index in [1.54, 1.807) is 77.0 Å². The molecule has 1 aliphatic rings. The van der Waals surface area contributed by atoms with Crippen molar-refractivity contribution in [1.82, 2.24) is 61.3 Å². The van der Waals surface area contributed by atoms with Gasteiger partial charge in [0.2, 0.25) is 35.4 Å². The van der Waals surface area contributed by atoms with E-state index in [-0.39, 0.29) is 233 Å². The Hall–Kier alpha value is -9.66. The van der Waals surface area contributed by atoms with Crippen LogP contribution >= 0.6 is 0 Å². The van der Waals surface area contributed by atoms with Crippen LogP contribution in [0.1, 0.15) is 214 Å². The number of amides is 9. The van der Waals surface area contributed by atoms with Gasteiger partial charge in [0, 0.05) is 117 Å². The largest absolute Gasteiger partial charge is 0.459 e. The van der Waals surface area contributed by atoms with Gasteiger partial charge in [-0.3, -0.25) is 57.9 Å². The minimum absolute atomic E-state index is 0.00835. The summed E-state index contributed by atoms with van der Waals surface area (Å²) in [4.78, 5) is 183. The number of unbranched alkanes of at least 4 members (excludes halogenated alkanes) is 3. The van der Waals surface area contributed by atoms with Crippen molar-refractivity contribution >= 4 is 71.6 Å². The Morgan fingerprint density at radius 1 is 0.318 bits per heavy atom. The average molecular weight is 1810 g/mol. The van der Waals surface area contributed by atoms with Gasteiger partial charge in [0.05, 0.1) is 0 Å². The molecule has 3 unspecified atom stereocenters. The molecule has 1 aliphatic heterocycles. The number of hydrogen-bond acceptors (Lipinski definition) is 27. The fraction of sp³-hybridized carbons (Fsp3) is 0.677. The molecule has 1 saturated heterocycles. The van der Waals surface area contributed by atoms with Crippen molar-refractivity contribution in [3.8, 4) is 0 Å². The second kappa shape index (κ2) is 62.6. The smallest absolute Gasteiger partial charge is 0.407 e. The number of hydrogen-bond donors (Lipinski definition) is 12. The summed E-state index contributed by atoms with van der Waals surface area (Å²) in [5.74, 6) is -4.99. The molecule has 6 atom stereocenters. The molecule has 726 valence electrons. The topological polar surface area (TPSA) is 508 Å². The Morgan fingerprint density at radius 2 is 0.535 bits per heavy atom. The van der Waals surface area contributed by atoms with Gasteiger partial charge < -0.3 is 109 Å². The zero-order valence-corrected chi connectivity index (χ0v) is 78.4. The zero-order valence-electron chi connectivity index (χ0n) is 78.4. The highest BCUT2D eigenvalue weighted by Gasteiger charge is 2.40. The van der Waals surface area contributed by atoms with Gasteiger partial charge in [0.1, 0.15) is 72.9 Å². The number of nitrogens with zero attached hydrogens (tertiary/aromatic N) is 6. The number of esters is 3. The molecule has 0 bridgehead atoms. The standard InChI is InChI=1S/C93H156N18O18/c1-91(2,3)127-85(118)76(40-43-79(112)103-73(82(115)109(55-25-46-94)56-26-47-95)37-19-22-52-100-88(121)124-67-70-31-13-10-14-32-70)106-61-63-107(77(86(119)128-92(4,5)6)41-44-80(113)104-74(83(116)110(57-27-48-96)58-28-49-97)38-20-23-53-101-89(122)125-68-71-33-15-11-16-34-71)65-66-108(64-62-106)78(87(120)129-93(7,8)9)42-45-81(114)105-75(84(117)111(59-29-50-98)60-30-51-99)39-21-24-54-102-90(123)126-69-72-35-17-12-18-36-72/h10-18,31-36,73-78H,19-30,37-69,94-99H2,1-9H3,(H,100,121)(H,101,122)(H,102,123)(H,103,112)(H,104,113)(H,105,114)/t73-,74-,75-,76?,77?,78?/m0/s1. The van der Waals surface area contributed by atoms with E-state index in [2.05, 4.69) is 31.9 Å². The first-order chi connectivity index (χ1) is 61.6. The van der Waals surface area contributed by atoms with E-state index in [0.29, 0.717) is 77.0 Å². The minimum atomic E-state index is -1.23. The third kappa shape index (κ3) is 48.2. The number of nitrogens with two attached hydrogens (primary N) is 6. The molecule has 36 heteroatoms. The second-order valence-electron chi connectivity index (χ2n) is 35.5. The fourth-order valence-corrected chi connectivity index (χ4v) is 14.5. The molecule has 0 radical (unpaired) electrons. The number of carbonyl (C=O) groups excluding carboxylic acids is 12. The van der Waals surface area contributed by atoms with Crippen LogP contribution < -0.4 is 66.3 Å². The molecule has 1 heterocycles. The van der Waals surface area contributed by atoms with Crippen LogP contribution in [0, 0.1) is 0 Å². The van der Waals surface area contributed by atoms with Gasteiger partial charge >= 0.3 is 36.2 Å². The summed E-state index contributed by atoms with van der Waals surface area (Å²) in [5, 5.41) is 17.3. The minimum Gasteiger partial charge on any atom is -0.459 e. The van der Waals surface area contributed by atoms with Crippen molar-refractivity contribution in [2.45, 2.75) is 270 Å². The Kier molecular flexibility index (Phi) is 54.2. The molecule has 3 aromatic rings. The highest BCUT2D eigenvalue weighted by molar-refractivity contribution is 5.90. The van der Waals surface area contributed by atoms with Crippen LogP contribution in [-0.4, -0.2) is 292 Å². The van der Waals surface area contributed by atoms with Crippen LogP contribution in [0.2, 0.25) is 0 Å². The monoisotopic (exact) mass is 1810 g/mol. The number of rotatable bonds is 60. The van der Waals surface area contributed by atoms with Gasteiger partial charge in [-0.15, -0.1) is 0 Å². The summed E-state index contributed by atoms with van der Waals surface area (Å²) < 4.78 is 34.9. The third-order valence-electron chi connectivity index (χ3n) is 21.1. The molecule has 0 aromatic heterocycles. The van der Waals surface area contributed by atoms with Crippen LogP contribution in [0.15, 0.2) is 91.0 Å². The Bertz CT molecular complexity index is 3350. The molecule has 0 aliphatic carbocycles. The summed E-state index contributed by atoms with van der Waals surface area (Å²) >= 11 is 0. The SMILES string of the molecule is CC(C)(C)OC(=O)C(CCC(=O)N[C@@H](CCCCNC(=O)OCc1ccccc1)C(=O)N(CCCN)CCCN)N1CCN(C(CCC(=O)N[C@@H](CCCCNC(=O)OCc2ccccc2)C(=O)N(CCCN)CCCN)C(=O)OC(C)(C)C)CCN(C(CCC(=O)N[C@@H](CCCCNC(=O)OCc2ccccc2)C(=O)N(CCCN)CCCN)C(=O)OC(C)(C)C)CC1. The van der Waals surface area contributed by atoms with Crippen molar-refractivity contribution in [3.63, 3.8) is 0 Å². The number of benzene rings is 3. The Balaban J connectivity index is 1.85. The van der Waals surface area contributed by atoms with E-state index < -0.39 is 107 Å². The number of carbonyl (C=O) groups is 12. The van der Waals surface area contributed by atoms with Gasteiger partial charge in [-0.1, -0.05) is 91.0 Å². The maximum atomic E-state index is 15.3. The van der Waals surface area contributed by atoms with E-state index in [4.69, 9.17) is 62.8 Å². The molecule has 0 saturated carbocycles. The summed E-state index contributed by atoms with van der Waals surface area (Å²) in [7, 11) is 0. The van der Waals surface area contributed by atoms with Gasteiger partial charge in [-0.25, -0.2) is 14.4 Å². The molecule has 1 fully saturated rings. The first-order valence-electron chi connectivity index (χ1n) is 46.3. The van der Waals surface area contributed by atoms with E-state index in [1.165, 1.54) is 0 Å². The lowest BCUT2D eigenvalue weighted by Gasteiger charge is -2.35. The molecular formula is C93H156N18O18. The van der Waals surface area contributed by atoms with Crippen molar-refractivity contribution in [2.75, 3.05) is 137 Å². The lowest BCUT2D eigenvalue weighted by molar-refractivity contribution is -0.164. The van der Waals surface area contributed by atoms with Crippen LogP contribution in [0.5, 0.6) is 0 Å². The van der Waals surface area contributed by atoms with Crippen LogP contribution in [-0.2, 0) is 91.4 Å². The molecular weight excluding hydrogens is 1660 g/mol. The van der Waals surface area contributed by atoms with Crippen LogP contribution in [0.25, 0.3) is 0 Å². The predicted octanol–water partition coefficient (Wildman–Crippen LogP) is 5.70. The molecule has 3 aromatic carbocycles. The van der Waals surface area contributed by atoms with Crippen LogP contribution in [0.3, 0.4) is 0 Å². The molecule has 9 amide bonds. The van der Waals surface area contributed by atoms with E-state index in [1.807, 2.05) is 106 Å².